The molecule has 1 saturated heterocycles. The van der Waals surface area contributed by atoms with Gasteiger partial charge < -0.3 is 4.90 Å². The Morgan fingerprint density at radius 3 is 2.56 bits per heavy atom. The van der Waals surface area contributed by atoms with Gasteiger partial charge in [0.05, 0.1) is 5.39 Å². The number of likely N-dealkylation sites (tertiary alicyclic amines) is 1. The molecule has 1 aromatic carbocycles. The van der Waals surface area contributed by atoms with Crippen LogP contribution in [-0.2, 0) is 16.1 Å². The number of nitrogens with zero attached hydrogens (tertiary/aromatic N) is 3. The molecule has 2 aromatic rings. The third-order valence-corrected chi connectivity index (χ3v) is 4.34. The molecule has 2 heterocycles. The first-order valence-corrected chi connectivity index (χ1v) is 8.88. The molecule has 0 aliphatic carbocycles. The SMILES string of the molecule is CCCn1nc(C(=O)NNC(=O)CN2CCCC2=O)c2ccccc2c1=O. The molecule has 0 radical (unpaired) electrons. The molecule has 9 nitrogen and oxygen atoms in total. The molecule has 0 saturated carbocycles. The number of amides is 3. The molecule has 1 aliphatic heterocycles. The average molecular weight is 371 g/mol. The molecule has 2 N–H and O–H groups in total. The number of benzene rings is 1. The lowest BCUT2D eigenvalue weighted by atomic mass is 10.1. The zero-order valence-electron chi connectivity index (χ0n) is 15.0. The molecular formula is C18H21N5O4. The first kappa shape index (κ1) is 18.6. The van der Waals surface area contributed by atoms with E-state index in [9.17, 15) is 19.2 Å². The summed E-state index contributed by atoms with van der Waals surface area (Å²) in [7, 11) is 0. The van der Waals surface area contributed by atoms with Crippen molar-refractivity contribution in [3.8, 4) is 0 Å². The maximum absolute atomic E-state index is 12.5. The first-order chi connectivity index (χ1) is 13.0. The molecule has 0 bridgehead atoms. The molecule has 1 aromatic heterocycles. The highest BCUT2D eigenvalue weighted by Gasteiger charge is 2.23. The van der Waals surface area contributed by atoms with Gasteiger partial charge in [-0.05, 0) is 18.9 Å². The van der Waals surface area contributed by atoms with Gasteiger partial charge in [0, 0.05) is 24.9 Å². The summed E-state index contributed by atoms with van der Waals surface area (Å²) < 4.78 is 1.25. The van der Waals surface area contributed by atoms with Crippen LogP contribution in [0.5, 0.6) is 0 Å². The molecule has 0 unspecified atom stereocenters. The normalized spacial score (nSPS) is 13.8. The predicted octanol–water partition coefficient (Wildman–Crippen LogP) is 0.190. The fourth-order valence-corrected chi connectivity index (χ4v) is 3.04. The molecular weight excluding hydrogens is 350 g/mol. The second kappa shape index (κ2) is 7.98. The van der Waals surface area contributed by atoms with Crippen molar-refractivity contribution in [2.45, 2.75) is 32.7 Å². The molecule has 27 heavy (non-hydrogen) atoms. The predicted molar refractivity (Wildman–Crippen MR) is 97.7 cm³/mol. The number of hydrogen-bond donors (Lipinski definition) is 2. The summed E-state index contributed by atoms with van der Waals surface area (Å²) in [6.45, 7) is 2.72. The summed E-state index contributed by atoms with van der Waals surface area (Å²) in [4.78, 5) is 50.0. The minimum atomic E-state index is -0.628. The van der Waals surface area contributed by atoms with Crippen LogP contribution >= 0.6 is 0 Å². The lowest BCUT2D eigenvalue weighted by Crippen LogP contribution is -2.47. The monoisotopic (exact) mass is 371 g/mol. The Hall–Kier alpha value is -3.23. The Balaban J connectivity index is 1.77. The van der Waals surface area contributed by atoms with Gasteiger partial charge in [-0.15, -0.1) is 0 Å². The molecule has 0 spiro atoms. The van der Waals surface area contributed by atoms with Crippen molar-refractivity contribution >= 4 is 28.5 Å². The number of carbonyl (C=O) groups excluding carboxylic acids is 3. The van der Waals surface area contributed by atoms with Gasteiger partial charge in [-0.2, -0.15) is 5.10 Å². The number of nitrogens with one attached hydrogen (secondary N) is 2. The van der Waals surface area contributed by atoms with E-state index in [-0.39, 0.29) is 23.7 Å². The van der Waals surface area contributed by atoms with Crippen LogP contribution in [0.2, 0.25) is 0 Å². The standard InChI is InChI=1S/C18H21N5O4/c1-2-9-23-18(27)13-7-4-3-6-12(13)16(21-23)17(26)20-19-14(24)11-22-10-5-8-15(22)25/h3-4,6-7H,2,5,8-11H2,1H3,(H,19,24)(H,20,26). The largest absolute Gasteiger partial charge is 0.333 e. The average Bonchev–Trinajstić information content (AvgIpc) is 3.07. The summed E-state index contributed by atoms with van der Waals surface area (Å²) in [6, 6.07) is 6.71. The summed E-state index contributed by atoms with van der Waals surface area (Å²) in [6.07, 6.45) is 1.86. The van der Waals surface area contributed by atoms with E-state index in [1.54, 1.807) is 24.3 Å². The summed E-state index contributed by atoms with van der Waals surface area (Å²) in [5.74, 6) is -1.20. The Kier molecular flexibility index (Phi) is 5.49. The summed E-state index contributed by atoms with van der Waals surface area (Å²) >= 11 is 0. The Morgan fingerprint density at radius 2 is 1.89 bits per heavy atom. The fraction of sp³-hybridized carbons (Fsp3) is 0.389. The first-order valence-electron chi connectivity index (χ1n) is 8.88. The maximum atomic E-state index is 12.5. The highest BCUT2D eigenvalue weighted by Crippen LogP contribution is 2.13. The van der Waals surface area contributed by atoms with Crippen LogP contribution in [0.25, 0.3) is 10.8 Å². The van der Waals surface area contributed by atoms with E-state index < -0.39 is 11.8 Å². The smallest absolute Gasteiger partial charge is 0.290 e. The van der Waals surface area contributed by atoms with Gasteiger partial charge >= 0.3 is 0 Å². The number of hydrazine groups is 1. The van der Waals surface area contributed by atoms with Crippen LogP contribution in [0, 0.1) is 0 Å². The number of fused-ring (bicyclic) bond motifs is 1. The van der Waals surface area contributed by atoms with Gasteiger partial charge in [0.2, 0.25) is 5.91 Å². The van der Waals surface area contributed by atoms with E-state index in [0.717, 1.165) is 6.42 Å². The van der Waals surface area contributed by atoms with Crippen molar-refractivity contribution in [3.05, 3.63) is 40.3 Å². The van der Waals surface area contributed by atoms with Crippen LogP contribution in [0.3, 0.4) is 0 Å². The van der Waals surface area contributed by atoms with Crippen molar-refractivity contribution in [1.29, 1.82) is 0 Å². The zero-order valence-corrected chi connectivity index (χ0v) is 15.0. The summed E-state index contributed by atoms with van der Waals surface area (Å²) in [5, 5.41) is 4.96. The number of rotatable bonds is 5. The van der Waals surface area contributed by atoms with Gasteiger partial charge in [0.15, 0.2) is 5.69 Å². The van der Waals surface area contributed by atoms with Crippen molar-refractivity contribution < 1.29 is 14.4 Å². The van der Waals surface area contributed by atoms with E-state index in [0.29, 0.717) is 36.7 Å². The number of aryl methyl sites for hydroxylation is 1. The third kappa shape index (κ3) is 3.97. The van der Waals surface area contributed by atoms with E-state index in [4.69, 9.17) is 0 Å². The molecule has 1 aliphatic rings. The van der Waals surface area contributed by atoms with E-state index in [1.807, 2.05) is 6.92 Å². The van der Waals surface area contributed by atoms with Gasteiger partial charge in [0.1, 0.15) is 6.54 Å². The van der Waals surface area contributed by atoms with Crippen molar-refractivity contribution in [2.24, 2.45) is 0 Å². The maximum Gasteiger partial charge on any atom is 0.290 e. The third-order valence-electron chi connectivity index (χ3n) is 4.34. The van der Waals surface area contributed by atoms with Crippen molar-refractivity contribution in [1.82, 2.24) is 25.5 Å². The van der Waals surface area contributed by atoms with E-state index >= 15 is 0 Å². The second-order valence-electron chi connectivity index (χ2n) is 6.34. The van der Waals surface area contributed by atoms with Crippen LogP contribution in [-0.4, -0.2) is 45.5 Å². The molecule has 9 heteroatoms. The molecule has 1 fully saturated rings. The lowest BCUT2D eigenvalue weighted by molar-refractivity contribution is -0.133. The van der Waals surface area contributed by atoms with Crippen LogP contribution in [0.15, 0.2) is 29.1 Å². The molecule has 3 amide bonds. The van der Waals surface area contributed by atoms with Crippen LogP contribution in [0.1, 0.15) is 36.7 Å². The topological polar surface area (TPSA) is 113 Å². The highest BCUT2D eigenvalue weighted by atomic mass is 16.2. The zero-order chi connectivity index (χ0) is 19.4. The van der Waals surface area contributed by atoms with E-state index in [2.05, 4.69) is 16.0 Å². The van der Waals surface area contributed by atoms with Gasteiger partial charge in [-0.3, -0.25) is 30.0 Å². The summed E-state index contributed by atoms with van der Waals surface area (Å²) in [5.41, 5.74) is 4.40. The minimum absolute atomic E-state index is 0.0520. The number of aromatic nitrogens is 2. The Bertz CT molecular complexity index is 952. The minimum Gasteiger partial charge on any atom is -0.333 e. The molecule has 3 rings (SSSR count). The quantitative estimate of drug-likeness (QED) is 0.729. The van der Waals surface area contributed by atoms with Crippen LogP contribution in [0.4, 0.5) is 0 Å². The number of hydrogen-bond acceptors (Lipinski definition) is 5. The van der Waals surface area contributed by atoms with Gasteiger partial charge in [0.25, 0.3) is 17.4 Å². The Labute approximate surface area is 155 Å². The molecule has 0 atom stereocenters. The Morgan fingerprint density at radius 1 is 1.15 bits per heavy atom. The number of carbonyl (C=O) groups is 3. The van der Waals surface area contributed by atoms with Gasteiger partial charge in [-0.1, -0.05) is 25.1 Å². The highest BCUT2D eigenvalue weighted by molar-refractivity contribution is 6.05. The van der Waals surface area contributed by atoms with Gasteiger partial charge in [-0.25, -0.2) is 4.68 Å². The van der Waals surface area contributed by atoms with E-state index in [1.165, 1.54) is 9.58 Å². The lowest BCUT2D eigenvalue weighted by Gasteiger charge is -2.15. The van der Waals surface area contributed by atoms with Crippen molar-refractivity contribution in [3.63, 3.8) is 0 Å². The van der Waals surface area contributed by atoms with Crippen molar-refractivity contribution in [2.75, 3.05) is 13.1 Å². The molecule has 142 valence electrons. The second-order valence-corrected chi connectivity index (χ2v) is 6.34. The fourth-order valence-electron chi connectivity index (χ4n) is 3.04. The van der Waals surface area contributed by atoms with Crippen LogP contribution < -0.4 is 16.4 Å².